The Balaban J connectivity index is 1.62. The molecule has 2 aliphatic rings. The van der Waals surface area contributed by atoms with E-state index >= 15 is 0 Å². The van der Waals surface area contributed by atoms with Crippen molar-refractivity contribution in [1.82, 2.24) is 4.90 Å². The third kappa shape index (κ3) is 4.18. The fraction of sp³-hybridized carbons (Fsp3) is 0.846. The summed E-state index contributed by atoms with van der Waals surface area (Å²) in [5, 5.41) is 0. The Labute approximate surface area is 108 Å². The molecular formula is C13H21NO2S. The predicted octanol–water partition coefficient (Wildman–Crippen LogP) is 1.58. The molecule has 3 nitrogen and oxygen atoms in total. The first-order valence-corrected chi connectivity index (χ1v) is 7.54. The average molecular weight is 255 g/mol. The second-order valence-corrected chi connectivity index (χ2v) is 5.61. The number of ether oxygens (including phenoxy) is 2. The van der Waals surface area contributed by atoms with Gasteiger partial charge in [-0.1, -0.05) is 5.92 Å². The molecule has 0 amide bonds. The van der Waals surface area contributed by atoms with E-state index < -0.39 is 0 Å². The van der Waals surface area contributed by atoms with E-state index in [1.165, 1.54) is 24.3 Å². The van der Waals surface area contributed by atoms with E-state index in [0.717, 1.165) is 32.7 Å². The lowest BCUT2D eigenvalue weighted by molar-refractivity contribution is -0.164. The minimum absolute atomic E-state index is 0.0206. The number of hydrogen-bond donors (Lipinski definition) is 0. The maximum absolute atomic E-state index is 5.74. The van der Waals surface area contributed by atoms with Gasteiger partial charge in [0.1, 0.15) is 0 Å². The first-order chi connectivity index (χ1) is 8.40. The quantitative estimate of drug-likeness (QED) is 0.672. The Kier molecular flexibility index (Phi) is 5.66. The standard InChI is InChI=1S/C13H21NO2S/c1-2-6-14(12-10-17-11-12)7-9-16-13-5-3-4-8-15-13/h1,12-13H,3-11H2. The molecule has 2 heterocycles. The molecule has 0 saturated carbocycles. The van der Waals surface area contributed by atoms with Gasteiger partial charge in [0.2, 0.25) is 0 Å². The second-order valence-electron chi connectivity index (χ2n) is 4.53. The highest BCUT2D eigenvalue weighted by Gasteiger charge is 2.25. The highest BCUT2D eigenvalue weighted by molar-refractivity contribution is 8.00. The van der Waals surface area contributed by atoms with Gasteiger partial charge in [-0.05, 0) is 19.3 Å². The van der Waals surface area contributed by atoms with Crippen LogP contribution in [-0.4, -0.2) is 55.0 Å². The highest BCUT2D eigenvalue weighted by atomic mass is 32.2. The molecule has 4 heteroatoms. The summed E-state index contributed by atoms with van der Waals surface area (Å²) in [7, 11) is 0. The first kappa shape index (κ1) is 13.2. The third-order valence-corrected chi connectivity index (χ3v) is 4.49. The normalized spacial score (nSPS) is 25.5. The lowest BCUT2D eigenvalue weighted by Gasteiger charge is -2.36. The van der Waals surface area contributed by atoms with Gasteiger partial charge < -0.3 is 9.47 Å². The predicted molar refractivity (Wildman–Crippen MR) is 71.1 cm³/mol. The Morgan fingerprint density at radius 2 is 2.29 bits per heavy atom. The number of thioether (sulfide) groups is 1. The zero-order chi connectivity index (χ0) is 11.9. The van der Waals surface area contributed by atoms with Gasteiger partial charge in [0.05, 0.1) is 13.2 Å². The molecule has 0 aliphatic carbocycles. The molecular weight excluding hydrogens is 234 g/mol. The van der Waals surface area contributed by atoms with Crippen molar-refractivity contribution in [3.05, 3.63) is 0 Å². The van der Waals surface area contributed by atoms with Crippen LogP contribution in [0.15, 0.2) is 0 Å². The second kappa shape index (κ2) is 7.27. The minimum Gasteiger partial charge on any atom is -0.353 e. The van der Waals surface area contributed by atoms with Crippen molar-refractivity contribution < 1.29 is 9.47 Å². The van der Waals surface area contributed by atoms with E-state index in [4.69, 9.17) is 15.9 Å². The maximum Gasteiger partial charge on any atom is 0.157 e. The van der Waals surface area contributed by atoms with Crippen LogP contribution in [0.4, 0.5) is 0 Å². The van der Waals surface area contributed by atoms with E-state index in [1.54, 1.807) is 0 Å². The molecule has 96 valence electrons. The van der Waals surface area contributed by atoms with Crippen molar-refractivity contribution >= 4 is 11.8 Å². The van der Waals surface area contributed by atoms with Crippen molar-refractivity contribution in [2.45, 2.75) is 31.6 Å². The van der Waals surface area contributed by atoms with Gasteiger partial charge in [-0.2, -0.15) is 11.8 Å². The van der Waals surface area contributed by atoms with Gasteiger partial charge in [-0.25, -0.2) is 0 Å². The van der Waals surface area contributed by atoms with Gasteiger partial charge in [0.15, 0.2) is 6.29 Å². The molecule has 1 atom stereocenters. The largest absolute Gasteiger partial charge is 0.353 e. The number of rotatable bonds is 6. The summed E-state index contributed by atoms with van der Waals surface area (Å²) in [6, 6.07) is 0.659. The van der Waals surface area contributed by atoms with Crippen molar-refractivity contribution in [1.29, 1.82) is 0 Å². The topological polar surface area (TPSA) is 21.7 Å². The van der Waals surface area contributed by atoms with Gasteiger partial charge in [0.25, 0.3) is 0 Å². The van der Waals surface area contributed by atoms with Crippen LogP contribution in [0.5, 0.6) is 0 Å². The van der Waals surface area contributed by atoms with Crippen molar-refractivity contribution in [2.75, 3.05) is 37.8 Å². The zero-order valence-corrected chi connectivity index (χ0v) is 11.1. The van der Waals surface area contributed by atoms with Crippen LogP contribution in [0.25, 0.3) is 0 Å². The van der Waals surface area contributed by atoms with Crippen LogP contribution < -0.4 is 0 Å². The van der Waals surface area contributed by atoms with E-state index in [9.17, 15) is 0 Å². The van der Waals surface area contributed by atoms with Crippen LogP contribution in [0, 0.1) is 12.3 Å². The molecule has 1 unspecified atom stereocenters. The summed E-state index contributed by atoms with van der Waals surface area (Å²) in [5.74, 6) is 5.16. The van der Waals surface area contributed by atoms with Gasteiger partial charge in [-0.3, -0.25) is 4.90 Å². The molecule has 0 N–H and O–H groups in total. The smallest absolute Gasteiger partial charge is 0.157 e. The summed E-state index contributed by atoms with van der Waals surface area (Å²) in [6.07, 6.45) is 8.84. The van der Waals surface area contributed by atoms with E-state index in [0.29, 0.717) is 6.04 Å². The van der Waals surface area contributed by atoms with Crippen LogP contribution in [0.3, 0.4) is 0 Å². The molecule has 0 bridgehead atoms. The summed E-state index contributed by atoms with van der Waals surface area (Å²) >= 11 is 1.99. The van der Waals surface area contributed by atoms with E-state index in [2.05, 4.69) is 10.8 Å². The first-order valence-electron chi connectivity index (χ1n) is 6.38. The highest BCUT2D eigenvalue weighted by Crippen LogP contribution is 2.23. The molecule has 0 aromatic heterocycles. The lowest BCUT2D eigenvalue weighted by atomic mass is 10.2. The number of nitrogens with zero attached hydrogens (tertiary/aromatic N) is 1. The van der Waals surface area contributed by atoms with Crippen LogP contribution in [-0.2, 0) is 9.47 Å². The summed E-state index contributed by atoms with van der Waals surface area (Å²) in [5.41, 5.74) is 0. The molecule has 0 aromatic carbocycles. The van der Waals surface area contributed by atoms with Crippen LogP contribution >= 0.6 is 11.8 Å². The monoisotopic (exact) mass is 255 g/mol. The SMILES string of the molecule is C#CCN(CCOC1CCCCO1)C1CSC1. The molecule has 2 saturated heterocycles. The molecule has 0 radical (unpaired) electrons. The molecule has 17 heavy (non-hydrogen) atoms. The Hall–Kier alpha value is -0.210. The van der Waals surface area contributed by atoms with Crippen LogP contribution in [0.1, 0.15) is 19.3 Å². The van der Waals surface area contributed by atoms with Gasteiger partial charge >= 0.3 is 0 Å². The molecule has 2 aliphatic heterocycles. The number of terminal acetylenes is 1. The van der Waals surface area contributed by atoms with E-state index in [1.807, 2.05) is 11.8 Å². The summed E-state index contributed by atoms with van der Waals surface area (Å²) in [6.45, 7) is 3.24. The lowest BCUT2D eigenvalue weighted by Crippen LogP contribution is -2.46. The molecule has 0 spiro atoms. The third-order valence-electron chi connectivity index (χ3n) is 3.25. The fourth-order valence-corrected chi connectivity index (χ4v) is 2.95. The Morgan fingerprint density at radius 3 is 2.88 bits per heavy atom. The van der Waals surface area contributed by atoms with Gasteiger partial charge in [0, 0.05) is 30.7 Å². The average Bonchev–Trinajstić information content (AvgIpc) is 2.28. The fourth-order valence-electron chi connectivity index (χ4n) is 2.09. The van der Waals surface area contributed by atoms with Crippen molar-refractivity contribution in [3.63, 3.8) is 0 Å². The van der Waals surface area contributed by atoms with Gasteiger partial charge in [-0.15, -0.1) is 6.42 Å². The minimum atomic E-state index is 0.0206. The zero-order valence-electron chi connectivity index (χ0n) is 10.3. The number of hydrogen-bond acceptors (Lipinski definition) is 4. The van der Waals surface area contributed by atoms with Crippen molar-refractivity contribution in [2.24, 2.45) is 0 Å². The Bertz CT molecular complexity index is 257. The molecule has 0 aromatic rings. The summed E-state index contributed by atoms with van der Waals surface area (Å²) < 4.78 is 11.3. The maximum atomic E-state index is 5.74. The molecule has 2 rings (SSSR count). The Morgan fingerprint density at radius 1 is 1.41 bits per heavy atom. The summed E-state index contributed by atoms with van der Waals surface area (Å²) in [4.78, 5) is 2.35. The molecule has 2 fully saturated rings. The van der Waals surface area contributed by atoms with Crippen molar-refractivity contribution in [3.8, 4) is 12.3 Å². The van der Waals surface area contributed by atoms with E-state index in [-0.39, 0.29) is 6.29 Å². The van der Waals surface area contributed by atoms with Crippen LogP contribution in [0.2, 0.25) is 0 Å².